The molecule has 2 amide bonds. The Kier molecular flexibility index (Phi) is 5.62. The van der Waals surface area contributed by atoms with Crippen molar-refractivity contribution in [2.75, 3.05) is 31.5 Å². The molecule has 1 atom stereocenters. The van der Waals surface area contributed by atoms with Gasteiger partial charge in [-0.05, 0) is 36.6 Å². The van der Waals surface area contributed by atoms with Crippen LogP contribution in [-0.2, 0) is 16.1 Å². The van der Waals surface area contributed by atoms with Gasteiger partial charge in [0.15, 0.2) is 0 Å². The summed E-state index contributed by atoms with van der Waals surface area (Å²) in [6.07, 6.45) is 1.01. The maximum atomic E-state index is 13.6. The zero-order chi connectivity index (χ0) is 20.4. The number of benzene rings is 2. The number of amides is 2. The highest BCUT2D eigenvalue weighted by Crippen LogP contribution is 2.34. The second-order valence-corrected chi connectivity index (χ2v) is 7.98. The molecule has 0 radical (unpaired) electrons. The molecule has 152 valence electrons. The number of hydrogen-bond acceptors (Lipinski definition) is 3. The van der Waals surface area contributed by atoms with Crippen molar-refractivity contribution in [2.45, 2.75) is 32.2 Å². The number of carbonyl (C=O) groups excluding carboxylic acids is 2. The van der Waals surface area contributed by atoms with Crippen molar-refractivity contribution in [3.8, 4) is 0 Å². The lowest BCUT2D eigenvalue weighted by atomic mass is 9.89. The van der Waals surface area contributed by atoms with E-state index >= 15 is 0 Å². The van der Waals surface area contributed by atoms with Crippen molar-refractivity contribution in [1.29, 1.82) is 0 Å². The van der Waals surface area contributed by atoms with E-state index in [1.54, 1.807) is 6.07 Å². The highest BCUT2D eigenvalue weighted by molar-refractivity contribution is 6.01. The summed E-state index contributed by atoms with van der Waals surface area (Å²) in [7, 11) is 0. The summed E-state index contributed by atoms with van der Waals surface area (Å²) in [6, 6.07) is 12.8. The molecule has 5 nitrogen and oxygen atoms in total. The summed E-state index contributed by atoms with van der Waals surface area (Å²) >= 11 is 0. The molecule has 2 aromatic rings. The molecule has 2 aliphatic heterocycles. The Morgan fingerprint density at radius 1 is 1.10 bits per heavy atom. The molecule has 2 aromatic carbocycles. The molecular weight excluding hydrogens is 369 g/mol. The molecule has 1 fully saturated rings. The lowest BCUT2D eigenvalue weighted by molar-refractivity contribution is -0.134. The molecule has 1 saturated heterocycles. The second kappa shape index (κ2) is 8.33. The van der Waals surface area contributed by atoms with E-state index in [-0.39, 0.29) is 18.2 Å². The van der Waals surface area contributed by atoms with Gasteiger partial charge in [0.05, 0.1) is 5.92 Å². The van der Waals surface area contributed by atoms with Gasteiger partial charge in [0.2, 0.25) is 11.8 Å². The monoisotopic (exact) mass is 395 g/mol. The van der Waals surface area contributed by atoms with E-state index in [0.29, 0.717) is 24.3 Å². The van der Waals surface area contributed by atoms with Crippen LogP contribution in [0.5, 0.6) is 0 Å². The van der Waals surface area contributed by atoms with Crippen molar-refractivity contribution in [3.63, 3.8) is 0 Å². The van der Waals surface area contributed by atoms with Gasteiger partial charge in [0.1, 0.15) is 5.82 Å². The van der Waals surface area contributed by atoms with Crippen molar-refractivity contribution >= 4 is 17.5 Å². The van der Waals surface area contributed by atoms with Gasteiger partial charge in [-0.2, -0.15) is 0 Å². The van der Waals surface area contributed by atoms with Gasteiger partial charge in [0, 0.05) is 44.8 Å². The average Bonchev–Trinajstić information content (AvgIpc) is 2.94. The minimum atomic E-state index is -0.539. The smallest absolute Gasteiger partial charge is 0.230 e. The van der Waals surface area contributed by atoms with Crippen LogP contribution >= 0.6 is 0 Å². The SMILES string of the molecule is Cc1ccc(CN2CCCN(C(=O)C3CC(=O)Nc4cc(F)ccc43)CC2)cc1. The van der Waals surface area contributed by atoms with Gasteiger partial charge in [-0.3, -0.25) is 14.5 Å². The zero-order valence-electron chi connectivity index (χ0n) is 16.7. The minimum absolute atomic E-state index is 0.0371. The first-order chi connectivity index (χ1) is 14.0. The highest BCUT2D eigenvalue weighted by atomic mass is 19.1. The molecule has 0 bridgehead atoms. The normalized spacial score (nSPS) is 20.0. The number of fused-ring (bicyclic) bond motifs is 1. The van der Waals surface area contributed by atoms with Gasteiger partial charge in [-0.15, -0.1) is 0 Å². The molecule has 4 rings (SSSR count). The third-order valence-electron chi connectivity index (χ3n) is 5.78. The fourth-order valence-electron chi connectivity index (χ4n) is 4.18. The molecule has 0 aromatic heterocycles. The number of hydrogen-bond donors (Lipinski definition) is 1. The summed E-state index contributed by atoms with van der Waals surface area (Å²) in [6.45, 7) is 6.00. The zero-order valence-corrected chi connectivity index (χ0v) is 16.7. The summed E-state index contributed by atoms with van der Waals surface area (Å²) in [5.74, 6) is -1.23. The van der Waals surface area contributed by atoms with Gasteiger partial charge < -0.3 is 10.2 Å². The Balaban J connectivity index is 1.43. The topological polar surface area (TPSA) is 52.7 Å². The van der Waals surface area contributed by atoms with Gasteiger partial charge in [-0.25, -0.2) is 4.39 Å². The lowest BCUT2D eigenvalue weighted by Gasteiger charge is -2.30. The fourth-order valence-corrected chi connectivity index (χ4v) is 4.18. The van der Waals surface area contributed by atoms with Crippen LogP contribution in [0.2, 0.25) is 0 Å². The number of halogens is 1. The molecule has 0 spiro atoms. The number of rotatable bonds is 3. The van der Waals surface area contributed by atoms with Crippen LogP contribution in [0.3, 0.4) is 0 Å². The number of aryl methyl sites for hydroxylation is 1. The summed E-state index contributed by atoms with van der Waals surface area (Å²) in [5.41, 5.74) is 3.64. The lowest BCUT2D eigenvalue weighted by Crippen LogP contribution is -2.40. The molecule has 0 saturated carbocycles. The van der Waals surface area contributed by atoms with Crippen LogP contribution in [0.4, 0.5) is 10.1 Å². The Morgan fingerprint density at radius 3 is 2.69 bits per heavy atom. The maximum absolute atomic E-state index is 13.6. The molecule has 2 aliphatic rings. The van der Waals surface area contributed by atoms with E-state index in [0.717, 1.165) is 26.1 Å². The summed E-state index contributed by atoms with van der Waals surface area (Å²) < 4.78 is 13.6. The van der Waals surface area contributed by atoms with Crippen LogP contribution in [0, 0.1) is 12.7 Å². The van der Waals surface area contributed by atoms with E-state index in [1.807, 2.05) is 4.90 Å². The average molecular weight is 395 g/mol. The molecule has 2 heterocycles. The highest BCUT2D eigenvalue weighted by Gasteiger charge is 2.34. The Bertz CT molecular complexity index is 913. The van der Waals surface area contributed by atoms with Gasteiger partial charge in [-0.1, -0.05) is 35.9 Å². The third-order valence-corrected chi connectivity index (χ3v) is 5.78. The standard InChI is InChI=1S/C23H26FN3O2/c1-16-3-5-17(6-4-16)15-26-9-2-10-27(12-11-26)23(29)20-14-22(28)25-21-13-18(24)7-8-19(20)21/h3-8,13,20H,2,9-12,14-15H2,1H3,(H,25,28). The van der Waals surface area contributed by atoms with E-state index in [1.165, 1.54) is 23.3 Å². The number of carbonyl (C=O) groups is 2. The van der Waals surface area contributed by atoms with Crippen LogP contribution in [0.1, 0.15) is 35.4 Å². The van der Waals surface area contributed by atoms with Gasteiger partial charge in [0.25, 0.3) is 0 Å². The molecule has 29 heavy (non-hydrogen) atoms. The van der Waals surface area contributed by atoms with Crippen molar-refractivity contribution < 1.29 is 14.0 Å². The van der Waals surface area contributed by atoms with Crippen LogP contribution in [0.15, 0.2) is 42.5 Å². The maximum Gasteiger partial charge on any atom is 0.230 e. The van der Waals surface area contributed by atoms with E-state index in [2.05, 4.69) is 41.4 Å². The minimum Gasteiger partial charge on any atom is -0.341 e. The summed E-state index contributed by atoms with van der Waals surface area (Å²) in [5, 5.41) is 2.68. The molecule has 0 aliphatic carbocycles. The van der Waals surface area contributed by atoms with Crippen molar-refractivity contribution in [3.05, 3.63) is 65.0 Å². The largest absolute Gasteiger partial charge is 0.341 e. The van der Waals surface area contributed by atoms with Crippen LogP contribution in [0.25, 0.3) is 0 Å². The Hall–Kier alpha value is -2.73. The summed E-state index contributed by atoms with van der Waals surface area (Å²) in [4.78, 5) is 29.5. The predicted molar refractivity (Wildman–Crippen MR) is 110 cm³/mol. The third kappa shape index (κ3) is 4.48. The Labute approximate surface area is 170 Å². The van der Waals surface area contributed by atoms with Crippen LogP contribution in [-0.4, -0.2) is 47.8 Å². The van der Waals surface area contributed by atoms with Crippen molar-refractivity contribution in [2.24, 2.45) is 0 Å². The first-order valence-corrected chi connectivity index (χ1v) is 10.2. The molecule has 6 heteroatoms. The fraction of sp³-hybridized carbons (Fsp3) is 0.391. The van der Waals surface area contributed by atoms with E-state index < -0.39 is 11.7 Å². The first-order valence-electron chi connectivity index (χ1n) is 10.2. The molecule has 1 unspecified atom stereocenters. The first kappa shape index (κ1) is 19.6. The predicted octanol–water partition coefficient (Wildman–Crippen LogP) is 3.29. The van der Waals surface area contributed by atoms with E-state index in [9.17, 15) is 14.0 Å². The molecule has 1 N–H and O–H groups in total. The van der Waals surface area contributed by atoms with Gasteiger partial charge >= 0.3 is 0 Å². The second-order valence-electron chi connectivity index (χ2n) is 7.98. The number of nitrogens with one attached hydrogen (secondary N) is 1. The van der Waals surface area contributed by atoms with E-state index in [4.69, 9.17) is 0 Å². The number of anilines is 1. The Morgan fingerprint density at radius 2 is 1.90 bits per heavy atom. The van der Waals surface area contributed by atoms with Crippen LogP contribution < -0.4 is 5.32 Å². The quantitative estimate of drug-likeness (QED) is 0.868. The molecular formula is C23H26FN3O2. The van der Waals surface area contributed by atoms with Crippen molar-refractivity contribution in [1.82, 2.24) is 9.80 Å². The number of nitrogens with zero attached hydrogens (tertiary/aromatic N) is 2.